The Bertz CT molecular complexity index is 640. The van der Waals surface area contributed by atoms with Crippen LogP contribution in [0.25, 0.3) is 0 Å². The first kappa shape index (κ1) is 18.0. The fourth-order valence-electron chi connectivity index (χ4n) is 2.69. The normalized spacial score (nSPS) is 16.5. The summed E-state index contributed by atoms with van der Waals surface area (Å²) in [5.41, 5.74) is 2.24. The fourth-order valence-corrected chi connectivity index (χ4v) is 2.69. The second-order valence-electron chi connectivity index (χ2n) is 6.26. The van der Waals surface area contributed by atoms with Gasteiger partial charge in [0.25, 0.3) is 0 Å². The number of amides is 3. The summed E-state index contributed by atoms with van der Waals surface area (Å²) in [6.45, 7) is 6.71. The number of hydrogen-bond donors (Lipinski definition) is 2. The molecular weight excluding hydrogens is 306 g/mol. The number of nitrogens with zero attached hydrogens (tertiary/aromatic N) is 1. The van der Waals surface area contributed by atoms with Gasteiger partial charge in [0, 0.05) is 25.0 Å². The van der Waals surface area contributed by atoms with Crippen molar-refractivity contribution < 1.29 is 14.3 Å². The van der Waals surface area contributed by atoms with Gasteiger partial charge in [-0.15, -0.1) is 0 Å². The number of methoxy groups -OCH3 is 1. The molecule has 0 fully saturated rings. The first-order valence-electron chi connectivity index (χ1n) is 8.06. The van der Waals surface area contributed by atoms with Gasteiger partial charge in [-0.3, -0.25) is 4.79 Å². The summed E-state index contributed by atoms with van der Waals surface area (Å²) in [7, 11) is 1.47. The minimum atomic E-state index is -0.234. The van der Waals surface area contributed by atoms with Crippen molar-refractivity contribution in [3.63, 3.8) is 0 Å². The lowest BCUT2D eigenvalue weighted by molar-refractivity contribution is -0.119. The van der Waals surface area contributed by atoms with E-state index in [1.54, 1.807) is 17.0 Å². The molecule has 6 nitrogen and oxygen atoms in total. The lowest BCUT2D eigenvalue weighted by Gasteiger charge is -2.28. The van der Waals surface area contributed by atoms with E-state index in [1.807, 2.05) is 19.1 Å². The van der Waals surface area contributed by atoms with Crippen LogP contribution in [-0.4, -0.2) is 43.1 Å². The van der Waals surface area contributed by atoms with Gasteiger partial charge < -0.3 is 20.3 Å². The van der Waals surface area contributed by atoms with Gasteiger partial charge in [-0.05, 0) is 30.5 Å². The number of hydrogen-bond acceptors (Lipinski definition) is 3. The standard InChI is InChI=1S/C18H25N3O3/c1-12(2)16-6-5-9-21(16)18(23)20-15-10-14(8-7-13(15)3)19-17(22)11-24-4/h5-8,10,12,16H,9,11H2,1-4H3,(H,19,22)(H,20,23)/t16-/m0/s1. The van der Waals surface area contributed by atoms with E-state index in [0.717, 1.165) is 5.56 Å². The molecule has 0 radical (unpaired) electrons. The molecule has 24 heavy (non-hydrogen) atoms. The van der Waals surface area contributed by atoms with Gasteiger partial charge in [0.05, 0.1) is 6.04 Å². The quantitative estimate of drug-likeness (QED) is 0.815. The molecule has 0 unspecified atom stereocenters. The molecule has 0 saturated carbocycles. The SMILES string of the molecule is COCC(=O)Nc1ccc(C)c(NC(=O)N2CC=C[C@H]2C(C)C)c1. The molecule has 3 amide bonds. The molecule has 130 valence electrons. The van der Waals surface area contributed by atoms with E-state index in [4.69, 9.17) is 4.74 Å². The minimum absolute atomic E-state index is 0.00884. The number of aryl methyl sites for hydroxylation is 1. The van der Waals surface area contributed by atoms with Crippen LogP contribution in [0, 0.1) is 12.8 Å². The van der Waals surface area contributed by atoms with Crippen LogP contribution in [0.1, 0.15) is 19.4 Å². The maximum atomic E-state index is 12.6. The van der Waals surface area contributed by atoms with Gasteiger partial charge in [-0.25, -0.2) is 4.79 Å². The van der Waals surface area contributed by atoms with Crippen molar-refractivity contribution in [2.45, 2.75) is 26.8 Å². The highest BCUT2D eigenvalue weighted by Gasteiger charge is 2.27. The fraction of sp³-hybridized carbons (Fsp3) is 0.444. The zero-order valence-electron chi connectivity index (χ0n) is 14.6. The molecule has 1 aromatic rings. The lowest BCUT2D eigenvalue weighted by atomic mass is 10.1. The predicted molar refractivity (Wildman–Crippen MR) is 95.2 cm³/mol. The number of nitrogens with one attached hydrogen (secondary N) is 2. The Kier molecular flexibility index (Phi) is 5.98. The maximum Gasteiger partial charge on any atom is 0.322 e. The van der Waals surface area contributed by atoms with Crippen LogP contribution in [0.2, 0.25) is 0 Å². The van der Waals surface area contributed by atoms with E-state index >= 15 is 0 Å². The van der Waals surface area contributed by atoms with E-state index in [0.29, 0.717) is 23.8 Å². The largest absolute Gasteiger partial charge is 0.375 e. The number of urea groups is 1. The molecule has 0 aliphatic carbocycles. The monoisotopic (exact) mass is 331 g/mol. The van der Waals surface area contributed by atoms with Gasteiger partial charge in [-0.2, -0.15) is 0 Å². The van der Waals surface area contributed by atoms with Crippen LogP contribution < -0.4 is 10.6 Å². The lowest BCUT2D eigenvalue weighted by Crippen LogP contribution is -2.41. The molecule has 2 rings (SSSR count). The number of anilines is 2. The zero-order valence-corrected chi connectivity index (χ0v) is 14.6. The molecule has 0 spiro atoms. The Balaban J connectivity index is 2.08. The van der Waals surface area contributed by atoms with E-state index in [1.165, 1.54) is 7.11 Å². The Labute approximate surface area is 142 Å². The first-order valence-corrected chi connectivity index (χ1v) is 8.06. The summed E-state index contributed by atoms with van der Waals surface area (Å²) in [5.74, 6) is 0.123. The average molecular weight is 331 g/mol. The van der Waals surface area contributed by atoms with E-state index in [-0.39, 0.29) is 24.6 Å². The van der Waals surface area contributed by atoms with Crippen molar-refractivity contribution in [1.29, 1.82) is 0 Å². The zero-order chi connectivity index (χ0) is 17.7. The van der Waals surface area contributed by atoms with Crippen molar-refractivity contribution in [2.75, 3.05) is 30.9 Å². The summed E-state index contributed by atoms with van der Waals surface area (Å²) < 4.78 is 4.80. The number of ether oxygens (including phenoxy) is 1. The van der Waals surface area contributed by atoms with Crippen molar-refractivity contribution in [1.82, 2.24) is 4.90 Å². The van der Waals surface area contributed by atoms with E-state index in [9.17, 15) is 9.59 Å². The van der Waals surface area contributed by atoms with Gasteiger partial charge in [0.1, 0.15) is 6.61 Å². The van der Waals surface area contributed by atoms with Crippen LogP contribution >= 0.6 is 0 Å². The molecule has 0 saturated heterocycles. The molecule has 0 aromatic heterocycles. The number of rotatable bonds is 5. The smallest absolute Gasteiger partial charge is 0.322 e. The Morgan fingerprint density at radius 3 is 2.75 bits per heavy atom. The number of carbonyl (C=O) groups is 2. The molecule has 1 aliphatic rings. The van der Waals surface area contributed by atoms with Crippen LogP contribution in [0.15, 0.2) is 30.4 Å². The van der Waals surface area contributed by atoms with Crippen LogP contribution in [0.4, 0.5) is 16.2 Å². The highest BCUT2D eigenvalue weighted by atomic mass is 16.5. The molecular formula is C18H25N3O3. The Morgan fingerprint density at radius 2 is 2.08 bits per heavy atom. The van der Waals surface area contributed by atoms with Crippen LogP contribution in [-0.2, 0) is 9.53 Å². The van der Waals surface area contributed by atoms with E-state index < -0.39 is 0 Å². The Hall–Kier alpha value is -2.34. The summed E-state index contributed by atoms with van der Waals surface area (Å²) in [6, 6.07) is 5.39. The summed E-state index contributed by atoms with van der Waals surface area (Å²) in [5, 5.41) is 5.69. The molecule has 1 heterocycles. The molecule has 1 aliphatic heterocycles. The predicted octanol–water partition coefficient (Wildman–Crippen LogP) is 3.01. The van der Waals surface area contributed by atoms with E-state index in [2.05, 4.69) is 30.6 Å². The first-order chi connectivity index (χ1) is 11.4. The molecule has 1 atom stereocenters. The van der Waals surface area contributed by atoms with Crippen molar-refractivity contribution in [3.05, 3.63) is 35.9 Å². The number of benzene rings is 1. The highest BCUT2D eigenvalue weighted by molar-refractivity contribution is 5.95. The third-order valence-corrected chi connectivity index (χ3v) is 3.98. The van der Waals surface area contributed by atoms with Gasteiger partial charge in [-0.1, -0.05) is 32.1 Å². The maximum absolute atomic E-state index is 12.6. The highest BCUT2D eigenvalue weighted by Crippen LogP contribution is 2.23. The van der Waals surface area contributed by atoms with Crippen molar-refractivity contribution in [3.8, 4) is 0 Å². The van der Waals surface area contributed by atoms with Crippen molar-refractivity contribution >= 4 is 23.3 Å². The third kappa shape index (κ3) is 4.35. The second-order valence-corrected chi connectivity index (χ2v) is 6.26. The number of carbonyl (C=O) groups excluding carboxylic acids is 2. The second kappa shape index (κ2) is 7.97. The molecule has 1 aromatic carbocycles. The summed E-state index contributed by atoms with van der Waals surface area (Å²) >= 11 is 0. The van der Waals surface area contributed by atoms with Crippen molar-refractivity contribution in [2.24, 2.45) is 5.92 Å². The summed E-state index contributed by atoms with van der Waals surface area (Å²) in [4.78, 5) is 26.0. The topological polar surface area (TPSA) is 70.7 Å². The molecule has 2 N–H and O–H groups in total. The minimum Gasteiger partial charge on any atom is -0.375 e. The van der Waals surface area contributed by atoms with Gasteiger partial charge in [0.15, 0.2) is 0 Å². The Morgan fingerprint density at radius 1 is 1.33 bits per heavy atom. The summed E-state index contributed by atoms with van der Waals surface area (Å²) in [6.07, 6.45) is 4.08. The third-order valence-electron chi connectivity index (χ3n) is 3.98. The molecule has 6 heteroatoms. The average Bonchev–Trinajstić information content (AvgIpc) is 3.00. The van der Waals surface area contributed by atoms with Crippen LogP contribution in [0.5, 0.6) is 0 Å². The van der Waals surface area contributed by atoms with Gasteiger partial charge in [0.2, 0.25) is 5.91 Å². The van der Waals surface area contributed by atoms with Crippen LogP contribution in [0.3, 0.4) is 0 Å². The van der Waals surface area contributed by atoms with Gasteiger partial charge >= 0.3 is 6.03 Å². The molecule has 0 bridgehead atoms.